The molecule has 6 nitrogen and oxygen atoms in total. The van der Waals surface area contributed by atoms with E-state index in [4.69, 9.17) is 0 Å². The summed E-state index contributed by atoms with van der Waals surface area (Å²) in [6.07, 6.45) is 3.13. The van der Waals surface area contributed by atoms with Crippen molar-refractivity contribution in [2.45, 2.75) is 18.9 Å². The van der Waals surface area contributed by atoms with Crippen molar-refractivity contribution in [3.05, 3.63) is 30.1 Å². The third kappa shape index (κ3) is 3.56. The number of nitrogens with zero attached hydrogens (tertiary/aromatic N) is 2. The summed E-state index contributed by atoms with van der Waals surface area (Å²) >= 11 is 1.74. The van der Waals surface area contributed by atoms with Crippen LogP contribution in [0.25, 0.3) is 11.0 Å². The number of carbonyl (C=O) groups excluding carboxylic acids is 2. The van der Waals surface area contributed by atoms with Gasteiger partial charge in [0, 0.05) is 20.0 Å². The number of amides is 2. The molecule has 2 atom stereocenters. The molecule has 0 aliphatic carbocycles. The fraction of sp³-hybridized carbons (Fsp3) is 0.471. The molecule has 1 aliphatic rings. The lowest BCUT2D eigenvalue weighted by Crippen LogP contribution is -2.35. The second-order valence-electron chi connectivity index (χ2n) is 6.16. The summed E-state index contributed by atoms with van der Waals surface area (Å²) in [6, 6.07) is 7.66. The van der Waals surface area contributed by atoms with E-state index in [1.165, 1.54) is 0 Å². The zero-order valence-electron chi connectivity index (χ0n) is 13.9. The molecule has 0 unspecified atom stereocenters. The van der Waals surface area contributed by atoms with Crippen LogP contribution in [0.3, 0.4) is 0 Å². The van der Waals surface area contributed by atoms with Gasteiger partial charge in [-0.25, -0.2) is 4.98 Å². The van der Waals surface area contributed by atoms with E-state index in [1.807, 2.05) is 30.5 Å². The average molecular weight is 346 g/mol. The number of hydrogen-bond acceptors (Lipinski definition) is 4. The van der Waals surface area contributed by atoms with Crippen molar-refractivity contribution in [3.63, 3.8) is 0 Å². The molecule has 1 fully saturated rings. The van der Waals surface area contributed by atoms with Crippen LogP contribution >= 0.6 is 11.8 Å². The van der Waals surface area contributed by atoms with Gasteiger partial charge in [-0.15, -0.1) is 0 Å². The zero-order valence-corrected chi connectivity index (χ0v) is 14.7. The molecule has 1 saturated heterocycles. The molecule has 2 N–H and O–H groups in total. The standard InChI is InChI=1S/C17H22N4O2S/c1-21-10-11(9-15(21)22)17(23)20-14(7-8-24-2)16-18-12-5-3-4-6-13(12)19-16/h3-6,11,14H,7-10H2,1-2H3,(H,18,19)(H,20,23)/t11-,14-/m1/s1. The van der Waals surface area contributed by atoms with Gasteiger partial charge in [-0.1, -0.05) is 12.1 Å². The second kappa shape index (κ2) is 7.25. The molecule has 0 radical (unpaired) electrons. The smallest absolute Gasteiger partial charge is 0.226 e. The van der Waals surface area contributed by atoms with E-state index < -0.39 is 0 Å². The summed E-state index contributed by atoms with van der Waals surface area (Å²) in [7, 11) is 1.74. The van der Waals surface area contributed by atoms with Crippen LogP contribution in [0.2, 0.25) is 0 Å². The maximum absolute atomic E-state index is 12.6. The number of H-pyrrole nitrogens is 1. The van der Waals surface area contributed by atoms with Gasteiger partial charge in [0.1, 0.15) is 5.82 Å². The Labute approximate surface area is 145 Å². The van der Waals surface area contributed by atoms with Gasteiger partial charge in [-0.05, 0) is 30.6 Å². The summed E-state index contributed by atoms with van der Waals surface area (Å²) in [5.41, 5.74) is 1.86. The van der Waals surface area contributed by atoms with Crippen molar-refractivity contribution in [2.24, 2.45) is 5.92 Å². The number of hydrogen-bond donors (Lipinski definition) is 2. The van der Waals surface area contributed by atoms with E-state index in [0.29, 0.717) is 6.54 Å². The minimum Gasteiger partial charge on any atom is -0.346 e. The molecule has 0 saturated carbocycles. The third-order valence-corrected chi connectivity index (χ3v) is 5.02. The van der Waals surface area contributed by atoms with Gasteiger partial charge in [0.05, 0.1) is 23.0 Å². The Bertz CT molecular complexity index is 712. The summed E-state index contributed by atoms with van der Waals surface area (Å²) in [6.45, 7) is 0.486. The van der Waals surface area contributed by atoms with Gasteiger partial charge in [-0.2, -0.15) is 11.8 Å². The number of thioether (sulfide) groups is 1. The lowest BCUT2D eigenvalue weighted by molar-refractivity contribution is -0.128. The molecule has 3 rings (SSSR count). The van der Waals surface area contributed by atoms with Crippen LogP contribution in [0.4, 0.5) is 0 Å². The van der Waals surface area contributed by atoms with Crippen LogP contribution in [0.15, 0.2) is 24.3 Å². The van der Waals surface area contributed by atoms with Gasteiger partial charge in [-0.3, -0.25) is 9.59 Å². The molecule has 128 valence electrons. The van der Waals surface area contributed by atoms with Crippen molar-refractivity contribution in [2.75, 3.05) is 25.6 Å². The number of aromatic amines is 1. The Hall–Kier alpha value is -2.02. The summed E-state index contributed by atoms with van der Waals surface area (Å²) < 4.78 is 0. The summed E-state index contributed by atoms with van der Waals surface area (Å²) in [5, 5.41) is 3.09. The maximum atomic E-state index is 12.6. The van der Waals surface area contributed by atoms with Crippen LogP contribution in [-0.4, -0.2) is 52.3 Å². The monoisotopic (exact) mass is 346 g/mol. The number of para-hydroxylation sites is 2. The normalized spacial score (nSPS) is 19.0. The molecular weight excluding hydrogens is 324 g/mol. The minimum atomic E-state index is -0.274. The number of imidazole rings is 1. The van der Waals surface area contributed by atoms with E-state index in [1.54, 1.807) is 23.7 Å². The quantitative estimate of drug-likeness (QED) is 0.838. The van der Waals surface area contributed by atoms with Gasteiger partial charge < -0.3 is 15.2 Å². The number of rotatable bonds is 6. The predicted octanol–water partition coefficient (Wildman–Crippen LogP) is 1.95. The average Bonchev–Trinajstić information content (AvgIpc) is 3.15. The molecule has 0 bridgehead atoms. The van der Waals surface area contributed by atoms with E-state index in [2.05, 4.69) is 15.3 Å². The van der Waals surface area contributed by atoms with Gasteiger partial charge in [0.15, 0.2) is 0 Å². The SMILES string of the molecule is CSCC[C@@H](NC(=O)[C@@H]1CC(=O)N(C)C1)c1nc2ccccc2[nH]1. The predicted molar refractivity (Wildman–Crippen MR) is 95.7 cm³/mol. The van der Waals surface area contributed by atoms with Gasteiger partial charge in [0.2, 0.25) is 11.8 Å². The molecular formula is C17H22N4O2S. The number of fused-ring (bicyclic) bond motifs is 1. The Kier molecular flexibility index (Phi) is 5.08. The highest BCUT2D eigenvalue weighted by atomic mass is 32.2. The van der Waals surface area contributed by atoms with Gasteiger partial charge >= 0.3 is 0 Å². The topological polar surface area (TPSA) is 78.1 Å². The molecule has 2 aromatic rings. The highest BCUT2D eigenvalue weighted by Gasteiger charge is 2.33. The second-order valence-corrected chi connectivity index (χ2v) is 7.14. The summed E-state index contributed by atoms with van der Waals surface area (Å²) in [5.74, 6) is 1.38. The first-order chi connectivity index (χ1) is 11.6. The highest BCUT2D eigenvalue weighted by Crippen LogP contribution is 2.22. The van der Waals surface area contributed by atoms with Crippen molar-refractivity contribution >= 4 is 34.6 Å². The maximum Gasteiger partial charge on any atom is 0.226 e. The Morgan fingerprint density at radius 1 is 1.50 bits per heavy atom. The van der Waals surface area contributed by atoms with E-state index in [-0.39, 0.29) is 30.2 Å². The first-order valence-corrected chi connectivity index (χ1v) is 9.45. The lowest BCUT2D eigenvalue weighted by Gasteiger charge is -2.18. The number of likely N-dealkylation sites (tertiary alicyclic amines) is 1. The molecule has 0 spiro atoms. The molecule has 7 heteroatoms. The number of nitrogens with one attached hydrogen (secondary N) is 2. The van der Waals surface area contributed by atoms with Crippen molar-refractivity contribution in [1.29, 1.82) is 0 Å². The molecule has 1 aliphatic heterocycles. The van der Waals surface area contributed by atoms with Crippen LogP contribution < -0.4 is 5.32 Å². The largest absolute Gasteiger partial charge is 0.346 e. The van der Waals surface area contributed by atoms with Crippen molar-refractivity contribution in [1.82, 2.24) is 20.2 Å². The first-order valence-electron chi connectivity index (χ1n) is 8.06. The molecule has 1 aromatic heterocycles. The number of carbonyl (C=O) groups is 2. The third-order valence-electron chi connectivity index (χ3n) is 4.38. The Morgan fingerprint density at radius 2 is 2.29 bits per heavy atom. The first kappa shape index (κ1) is 16.8. The van der Waals surface area contributed by atoms with Crippen molar-refractivity contribution in [3.8, 4) is 0 Å². The molecule has 2 amide bonds. The van der Waals surface area contributed by atoms with Crippen LogP contribution in [-0.2, 0) is 9.59 Å². The lowest BCUT2D eigenvalue weighted by atomic mass is 10.1. The van der Waals surface area contributed by atoms with Crippen LogP contribution in [0, 0.1) is 5.92 Å². The molecule has 2 heterocycles. The Morgan fingerprint density at radius 3 is 2.96 bits per heavy atom. The summed E-state index contributed by atoms with van der Waals surface area (Å²) in [4.78, 5) is 33.8. The molecule has 24 heavy (non-hydrogen) atoms. The minimum absolute atomic E-state index is 0.0274. The number of benzene rings is 1. The van der Waals surface area contributed by atoms with E-state index in [9.17, 15) is 9.59 Å². The Balaban J connectivity index is 1.76. The van der Waals surface area contributed by atoms with E-state index in [0.717, 1.165) is 29.0 Å². The van der Waals surface area contributed by atoms with Crippen LogP contribution in [0.1, 0.15) is 24.7 Å². The van der Waals surface area contributed by atoms with Gasteiger partial charge in [0.25, 0.3) is 0 Å². The highest BCUT2D eigenvalue weighted by molar-refractivity contribution is 7.98. The zero-order chi connectivity index (χ0) is 17.1. The fourth-order valence-corrected chi connectivity index (χ4v) is 3.45. The number of aromatic nitrogens is 2. The van der Waals surface area contributed by atoms with E-state index >= 15 is 0 Å². The molecule has 1 aromatic carbocycles. The van der Waals surface area contributed by atoms with Crippen molar-refractivity contribution < 1.29 is 9.59 Å². The fourth-order valence-electron chi connectivity index (χ4n) is 2.98. The van der Waals surface area contributed by atoms with Crippen LogP contribution in [0.5, 0.6) is 0 Å².